The van der Waals surface area contributed by atoms with E-state index < -0.39 is 5.97 Å². The highest BCUT2D eigenvalue weighted by Crippen LogP contribution is 2.19. The first kappa shape index (κ1) is 9.03. The summed E-state index contributed by atoms with van der Waals surface area (Å²) >= 11 is 5.73. The number of benzene rings is 1. The molecular weight excluding hydrogens is 178 g/mol. The second-order valence-corrected chi connectivity index (χ2v) is 2.68. The predicted molar refractivity (Wildman–Crippen MR) is 46.3 cm³/mol. The molecule has 0 aliphatic rings. The molecular formula is C8H8ClNO2. The van der Waals surface area contributed by atoms with E-state index in [4.69, 9.17) is 22.4 Å². The van der Waals surface area contributed by atoms with Gasteiger partial charge in [-0.15, -0.1) is 0 Å². The van der Waals surface area contributed by atoms with Gasteiger partial charge in [0, 0.05) is 11.6 Å². The first-order valence-corrected chi connectivity index (χ1v) is 3.75. The molecule has 0 bridgehead atoms. The smallest absolute Gasteiger partial charge is 0.336 e. The van der Waals surface area contributed by atoms with E-state index in [9.17, 15) is 4.79 Å². The Hall–Kier alpha value is -1.06. The van der Waals surface area contributed by atoms with Crippen LogP contribution in [0.4, 0.5) is 0 Å². The van der Waals surface area contributed by atoms with Crippen molar-refractivity contribution < 1.29 is 9.90 Å². The molecule has 64 valence electrons. The maximum atomic E-state index is 10.6. The average molecular weight is 186 g/mol. The first-order chi connectivity index (χ1) is 5.66. The highest BCUT2D eigenvalue weighted by molar-refractivity contribution is 6.31. The molecule has 0 unspecified atom stereocenters. The maximum absolute atomic E-state index is 10.6. The summed E-state index contributed by atoms with van der Waals surface area (Å²) in [5.41, 5.74) is 5.99. The Morgan fingerprint density at radius 3 is 2.67 bits per heavy atom. The molecule has 0 radical (unpaired) electrons. The number of aromatic carboxylic acids is 1. The van der Waals surface area contributed by atoms with Gasteiger partial charge in [0.05, 0.1) is 5.56 Å². The lowest BCUT2D eigenvalue weighted by Crippen LogP contribution is -2.07. The van der Waals surface area contributed by atoms with Gasteiger partial charge >= 0.3 is 5.97 Å². The standard InChI is InChI=1S/C8H8ClNO2/c9-7-3-1-2-5(8(11)12)6(7)4-10/h1-3H,4,10H2,(H,11,12). The molecule has 1 aromatic carbocycles. The van der Waals surface area contributed by atoms with Gasteiger partial charge in [-0.05, 0) is 17.7 Å². The number of hydrogen-bond acceptors (Lipinski definition) is 2. The van der Waals surface area contributed by atoms with Gasteiger partial charge in [-0.25, -0.2) is 4.79 Å². The molecule has 0 atom stereocenters. The zero-order valence-electron chi connectivity index (χ0n) is 6.25. The summed E-state index contributed by atoms with van der Waals surface area (Å²) < 4.78 is 0. The normalized spacial score (nSPS) is 9.83. The van der Waals surface area contributed by atoms with Gasteiger partial charge < -0.3 is 10.8 Å². The quantitative estimate of drug-likeness (QED) is 0.734. The summed E-state index contributed by atoms with van der Waals surface area (Å²) in [7, 11) is 0. The van der Waals surface area contributed by atoms with Gasteiger partial charge in [-0.3, -0.25) is 0 Å². The second-order valence-electron chi connectivity index (χ2n) is 2.28. The molecule has 0 saturated carbocycles. The van der Waals surface area contributed by atoms with Crippen LogP contribution in [0.3, 0.4) is 0 Å². The molecule has 0 amide bonds. The fraction of sp³-hybridized carbons (Fsp3) is 0.125. The molecule has 3 nitrogen and oxygen atoms in total. The fourth-order valence-corrected chi connectivity index (χ4v) is 1.22. The second kappa shape index (κ2) is 3.56. The zero-order valence-corrected chi connectivity index (χ0v) is 7.01. The van der Waals surface area contributed by atoms with Crippen LogP contribution in [0.2, 0.25) is 5.02 Å². The molecule has 0 aliphatic heterocycles. The van der Waals surface area contributed by atoms with Crippen LogP contribution in [0, 0.1) is 0 Å². The molecule has 0 saturated heterocycles. The number of rotatable bonds is 2. The van der Waals surface area contributed by atoms with Crippen LogP contribution in [0.5, 0.6) is 0 Å². The van der Waals surface area contributed by atoms with Gasteiger partial charge in [0.2, 0.25) is 0 Å². The molecule has 1 rings (SSSR count). The van der Waals surface area contributed by atoms with Gasteiger partial charge in [0.25, 0.3) is 0 Å². The summed E-state index contributed by atoms with van der Waals surface area (Å²) in [6, 6.07) is 4.69. The van der Waals surface area contributed by atoms with Crippen LogP contribution in [-0.4, -0.2) is 11.1 Å². The Labute approximate surface area is 74.8 Å². The third kappa shape index (κ3) is 1.57. The van der Waals surface area contributed by atoms with Gasteiger partial charge in [0.1, 0.15) is 0 Å². The van der Waals surface area contributed by atoms with Crippen molar-refractivity contribution in [1.82, 2.24) is 0 Å². The van der Waals surface area contributed by atoms with E-state index in [1.165, 1.54) is 6.07 Å². The van der Waals surface area contributed by atoms with Crippen molar-refractivity contribution in [2.45, 2.75) is 6.54 Å². The van der Waals surface area contributed by atoms with E-state index in [1.807, 2.05) is 0 Å². The Kier molecular flexibility index (Phi) is 2.68. The molecule has 0 heterocycles. The van der Waals surface area contributed by atoms with Gasteiger partial charge in [-0.2, -0.15) is 0 Å². The molecule has 0 fully saturated rings. The number of carbonyl (C=O) groups is 1. The molecule has 4 heteroatoms. The highest BCUT2D eigenvalue weighted by atomic mass is 35.5. The zero-order chi connectivity index (χ0) is 9.14. The lowest BCUT2D eigenvalue weighted by Gasteiger charge is -2.04. The molecule has 1 aromatic rings. The summed E-state index contributed by atoms with van der Waals surface area (Å²) in [4.78, 5) is 10.6. The van der Waals surface area contributed by atoms with E-state index in [2.05, 4.69) is 0 Å². The Balaban J connectivity index is 3.27. The number of hydrogen-bond donors (Lipinski definition) is 2. The van der Waals surface area contributed by atoms with Crippen molar-refractivity contribution in [2.24, 2.45) is 5.73 Å². The summed E-state index contributed by atoms with van der Waals surface area (Å²) in [5.74, 6) is -1.00. The van der Waals surface area contributed by atoms with Crippen molar-refractivity contribution in [3.05, 3.63) is 34.3 Å². The van der Waals surface area contributed by atoms with Crippen molar-refractivity contribution in [2.75, 3.05) is 0 Å². The number of carboxylic acid groups (broad SMARTS) is 1. The van der Waals surface area contributed by atoms with E-state index in [0.29, 0.717) is 10.6 Å². The van der Waals surface area contributed by atoms with Crippen molar-refractivity contribution >= 4 is 17.6 Å². The van der Waals surface area contributed by atoms with E-state index >= 15 is 0 Å². The van der Waals surface area contributed by atoms with E-state index in [-0.39, 0.29) is 12.1 Å². The molecule has 12 heavy (non-hydrogen) atoms. The Morgan fingerprint density at radius 2 is 2.25 bits per heavy atom. The van der Waals surface area contributed by atoms with E-state index in [1.54, 1.807) is 12.1 Å². The number of nitrogens with two attached hydrogens (primary N) is 1. The fourth-order valence-electron chi connectivity index (χ4n) is 0.966. The molecule has 0 aliphatic carbocycles. The maximum Gasteiger partial charge on any atom is 0.336 e. The highest BCUT2D eigenvalue weighted by Gasteiger charge is 2.10. The van der Waals surface area contributed by atoms with Crippen molar-refractivity contribution in [3.63, 3.8) is 0 Å². The van der Waals surface area contributed by atoms with Gasteiger partial charge in [-0.1, -0.05) is 17.7 Å². The first-order valence-electron chi connectivity index (χ1n) is 3.37. The Morgan fingerprint density at radius 1 is 1.58 bits per heavy atom. The third-order valence-corrected chi connectivity index (χ3v) is 1.91. The van der Waals surface area contributed by atoms with Crippen molar-refractivity contribution in [1.29, 1.82) is 0 Å². The van der Waals surface area contributed by atoms with Crippen LogP contribution in [0.25, 0.3) is 0 Å². The van der Waals surface area contributed by atoms with Crippen LogP contribution in [0.1, 0.15) is 15.9 Å². The number of carboxylic acids is 1. The molecule has 0 spiro atoms. The number of halogens is 1. The van der Waals surface area contributed by atoms with Crippen LogP contribution in [-0.2, 0) is 6.54 Å². The molecule has 3 N–H and O–H groups in total. The monoisotopic (exact) mass is 185 g/mol. The van der Waals surface area contributed by atoms with Crippen LogP contribution < -0.4 is 5.73 Å². The predicted octanol–water partition coefficient (Wildman–Crippen LogP) is 1.50. The molecule has 0 aromatic heterocycles. The lowest BCUT2D eigenvalue weighted by atomic mass is 10.1. The minimum Gasteiger partial charge on any atom is -0.478 e. The topological polar surface area (TPSA) is 63.3 Å². The van der Waals surface area contributed by atoms with Crippen molar-refractivity contribution in [3.8, 4) is 0 Å². The van der Waals surface area contributed by atoms with Crippen LogP contribution in [0.15, 0.2) is 18.2 Å². The summed E-state index contributed by atoms with van der Waals surface area (Å²) in [6.07, 6.45) is 0. The summed E-state index contributed by atoms with van der Waals surface area (Å²) in [5, 5.41) is 9.11. The largest absolute Gasteiger partial charge is 0.478 e. The minimum atomic E-state index is -1.00. The lowest BCUT2D eigenvalue weighted by molar-refractivity contribution is 0.0695. The van der Waals surface area contributed by atoms with E-state index in [0.717, 1.165) is 0 Å². The average Bonchev–Trinajstić information content (AvgIpc) is 2.03. The Bertz CT molecular complexity index is 312. The summed E-state index contributed by atoms with van der Waals surface area (Å²) in [6.45, 7) is 0.140. The SMILES string of the molecule is NCc1c(Cl)cccc1C(=O)O. The minimum absolute atomic E-state index is 0.140. The van der Waals surface area contributed by atoms with Crippen LogP contribution >= 0.6 is 11.6 Å². The third-order valence-electron chi connectivity index (χ3n) is 1.55. The van der Waals surface area contributed by atoms with Gasteiger partial charge in [0.15, 0.2) is 0 Å².